The summed E-state index contributed by atoms with van der Waals surface area (Å²) in [6, 6.07) is 5.40. The van der Waals surface area contributed by atoms with E-state index >= 15 is 0 Å². The van der Waals surface area contributed by atoms with Gasteiger partial charge in [0, 0.05) is 12.1 Å². The van der Waals surface area contributed by atoms with Gasteiger partial charge in [0.15, 0.2) is 0 Å². The summed E-state index contributed by atoms with van der Waals surface area (Å²) in [5, 5.41) is 3.01. The molecule has 0 atom stereocenters. The molecule has 1 nitrogen and oxygen atoms in total. The fraction of sp³-hybridized carbons (Fsp3) is 0.385. The third-order valence-electron chi connectivity index (χ3n) is 2.28. The van der Waals surface area contributed by atoms with Crippen molar-refractivity contribution >= 4 is 6.08 Å². The lowest BCUT2D eigenvalue weighted by molar-refractivity contribution is 0.620. The van der Waals surface area contributed by atoms with Crippen LogP contribution in [0.4, 0.5) is 4.39 Å². The van der Waals surface area contributed by atoms with E-state index in [4.69, 9.17) is 0 Å². The average molecular weight is 207 g/mol. The molecule has 0 saturated carbocycles. The third kappa shape index (κ3) is 3.39. The lowest BCUT2D eigenvalue weighted by atomic mass is 10.0. The third-order valence-corrected chi connectivity index (χ3v) is 2.28. The van der Waals surface area contributed by atoms with E-state index in [1.165, 1.54) is 0 Å². The Hall–Kier alpha value is -1.31. The van der Waals surface area contributed by atoms with Gasteiger partial charge in [-0.25, -0.2) is 4.39 Å². The molecule has 0 aliphatic heterocycles. The normalized spacial score (nSPS) is 11.3. The van der Waals surface area contributed by atoms with Gasteiger partial charge in [-0.1, -0.05) is 26.0 Å². The molecule has 0 aliphatic carbocycles. The fourth-order valence-electron chi connectivity index (χ4n) is 1.30. The van der Waals surface area contributed by atoms with Crippen LogP contribution in [0.3, 0.4) is 0 Å². The summed E-state index contributed by atoms with van der Waals surface area (Å²) < 4.78 is 13.6. The Morgan fingerprint density at radius 1 is 1.40 bits per heavy atom. The molecule has 1 rings (SSSR count). The van der Waals surface area contributed by atoms with Crippen LogP contribution in [0.15, 0.2) is 24.4 Å². The SMILES string of the molecule is CCNC=Cc1ccc(C(C)C)cc1F. The van der Waals surface area contributed by atoms with Gasteiger partial charge in [-0.3, -0.25) is 0 Å². The Balaban J connectivity index is 2.83. The second-order valence-corrected chi connectivity index (χ2v) is 3.83. The maximum atomic E-state index is 13.6. The van der Waals surface area contributed by atoms with Gasteiger partial charge in [0.1, 0.15) is 5.82 Å². The summed E-state index contributed by atoms with van der Waals surface area (Å²) in [6.07, 6.45) is 3.52. The molecule has 0 spiro atoms. The van der Waals surface area contributed by atoms with Gasteiger partial charge in [-0.05, 0) is 36.7 Å². The van der Waals surface area contributed by atoms with Crippen molar-refractivity contribution in [3.05, 3.63) is 41.3 Å². The van der Waals surface area contributed by atoms with Crippen molar-refractivity contribution in [3.63, 3.8) is 0 Å². The van der Waals surface area contributed by atoms with E-state index in [0.717, 1.165) is 12.1 Å². The first kappa shape index (κ1) is 11.8. The van der Waals surface area contributed by atoms with E-state index in [1.54, 1.807) is 18.3 Å². The molecule has 1 N–H and O–H groups in total. The summed E-state index contributed by atoms with van der Waals surface area (Å²) in [7, 11) is 0. The molecule has 0 aromatic heterocycles. The minimum absolute atomic E-state index is 0.157. The van der Waals surface area contributed by atoms with Crippen LogP contribution in [0.2, 0.25) is 0 Å². The summed E-state index contributed by atoms with van der Waals surface area (Å²) in [6.45, 7) is 6.97. The Bertz CT molecular complexity index is 342. The van der Waals surface area contributed by atoms with Gasteiger partial charge >= 0.3 is 0 Å². The van der Waals surface area contributed by atoms with Crippen LogP contribution in [0.5, 0.6) is 0 Å². The maximum absolute atomic E-state index is 13.6. The molecule has 0 bridgehead atoms. The van der Waals surface area contributed by atoms with Crippen molar-refractivity contribution in [2.24, 2.45) is 0 Å². The van der Waals surface area contributed by atoms with Crippen LogP contribution in [-0.2, 0) is 0 Å². The molecule has 0 amide bonds. The minimum Gasteiger partial charge on any atom is -0.391 e. The molecular weight excluding hydrogens is 189 g/mol. The second kappa shape index (κ2) is 5.54. The van der Waals surface area contributed by atoms with Gasteiger partial charge in [-0.2, -0.15) is 0 Å². The monoisotopic (exact) mass is 207 g/mol. The maximum Gasteiger partial charge on any atom is 0.130 e. The smallest absolute Gasteiger partial charge is 0.130 e. The Morgan fingerprint density at radius 2 is 2.13 bits per heavy atom. The van der Waals surface area contributed by atoms with E-state index in [9.17, 15) is 4.39 Å². The van der Waals surface area contributed by atoms with Crippen molar-refractivity contribution in [1.29, 1.82) is 0 Å². The quantitative estimate of drug-likeness (QED) is 0.796. The van der Waals surface area contributed by atoms with Crippen molar-refractivity contribution < 1.29 is 4.39 Å². The number of rotatable bonds is 4. The van der Waals surface area contributed by atoms with Crippen LogP contribution in [0, 0.1) is 5.82 Å². The second-order valence-electron chi connectivity index (χ2n) is 3.83. The van der Waals surface area contributed by atoms with Crippen molar-refractivity contribution in [1.82, 2.24) is 5.32 Å². The molecule has 1 aromatic rings. The topological polar surface area (TPSA) is 12.0 Å². The van der Waals surface area contributed by atoms with Crippen molar-refractivity contribution in [2.75, 3.05) is 6.54 Å². The molecule has 0 heterocycles. The first-order valence-electron chi connectivity index (χ1n) is 5.34. The zero-order valence-corrected chi connectivity index (χ0v) is 9.55. The van der Waals surface area contributed by atoms with E-state index in [0.29, 0.717) is 11.5 Å². The van der Waals surface area contributed by atoms with Crippen LogP contribution in [0.1, 0.15) is 37.8 Å². The molecule has 0 saturated heterocycles. The molecule has 82 valence electrons. The summed E-state index contributed by atoms with van der Waals surface area (Å²) in [5.74, 6) is 0.210. The lowest BCUT2D eigenvalue weighted by Crippen LogP contribution is -2.01. The molecule has 0 radical (unpaired) electrons. The largest absolute Gasteiger partial charge is 0.391 e. The van der Waals surface area contributed by atoms with Gasteiger partial charge in [-0.15, -0.1) is 0 Å². The number of halogens is 1. The van der Waals surface area contributed by atoms with Gasteiger partial charge in [0.05, 0.1) is 0 Å². The molecule has 2 heteroatoms. The molecule has 0 fully saturated rings. The van der Waals surface area contributed by atoms with E-state index in [1.807, 2.05) is 19.1 Å². The highest BCUT2D eigenvalue weighted by atomic mass is 19.1. The van der Waals surface area contributed by atoms with Crippen LogP contribution >= 0.6 is 0 Å². The molecule has 0 unspecified atom stereocenters. The van der Waals surface area contributed by atoms with Crippen LogP contribution < -0.4 is 5.32 Å². The Morgan fingerprint density at radius 3 is 2.67 bits per heavy atom. The molecular formula is C13H18FN. The van der Waals surface area contributed by atoms with Gasteiger partial charge < -0.3 is 5.32 Å². The standard InChI is InChI=1S/C13H18FN/c1-4-15-8-7-11-5-6-12(10(2)3)9-13(11)14/h5-10,15H,4H2,1-3H3. The van der Waals surface area contributed by atoms with Crippen molar-refractivity contribution in [2.45, 2.75) is 26.7 Å². The van der Waals surface area contributed by atoms with Crippen molar-refractivity contribution in [3.8, 4) is 0 Å². The average Bonchev–Trinajstić information content (AvgIpc) is 2.20. The number of hydrogen-bond donors (Lipinski definition) is 1. The fourth-order valence-corrected chi connectivity index (χ4v) is 1.30. The van der Waals surface area contributed by atoms with Crippen LogP contribution in [0.25, 0.3) is 6.08 Å². The predicted molar refractivity (Wildman–Crippen MR) is 63.2 cm³/mol. The Kier molecular flexibility index (Phi) is 4.35. The van der Waals surface area contributed by atoms with E-state index in [-0.39, 0.29) is 5.82 Å². The summed E-state index contributed by atoms with van der Waals surface area (Å²) in [5.41, 5.74) is 1.66. The number of hydrogen-bond acceptors (Lipinski definition) is 1. The zero-order chi connectivity index (χ0) is 11.3. The highest BCUT2D eigenvalue weighted by Crippen LogP contribution is 2.18. The summed E-state index contributed by atoms with van der Waals surface area (Å²) in [4.78, 5) is 0. The first-order chi connectivity index (χ1) is 7.15. The van der Waals surface area contributed by atoms with E-state index < -0.39 is 0 Å². The predicted octanol–water partition coefficient (Wildman–Crippen LogP) is 3.53. The highest BCUT2D eigenvalue weighted by molar-refractivity contribution is 5.50. The molecule has 1 aromatic carbocycles. The zero-order valence-electron chi connectivity index (χ0n) is 9.55. The number of benzene rings is 1. The van der Waals surface area contributed by atoms with Crippen LogP contribution in [-0.4, -0.2) is 6.54 Å². The summed E-state index contributed by atoms with van der Waals surface area (Å²) >= 11 is 0. The van der Waals surface area contributed by atoms with Gasteiger partial charge in [0.25, 0.3) is 0 Å². The minimum atomic E-state index is -0.157. The first-order valence-corrected chi connectivity index (χ1v) is 5.34. The molecule has 0 aliphatic rings. The van der Waals surface area contributed by atoms with E-state index in [2.05, 4.69) is 19.2 Å². The van der Waals surface area contributed by atoms with Gasteiger partial charge in [0.2, 0.25) is 0 Å². The number of nitrogens with one attached hydrogen (secondary N) is 1. The Labute approximate surface area is 91.0 Å². The highest BCUT2D eigenvalue weighted by Gasteiger charge is 2.03. The molecule has 15 heavy (non-hydrogen) atoms. The lowest BCUT2D eigenvalue weighted by Gasteiger charge is -2.06.